The Labute approximate surface area is 112 Å². The maximum atomic E-state index is 12.1. The maximum Gasteiger partial charge on any atom is 0.237 e. The Kier molecular flexibility index (Phi) is 4.58. The molecule has 0 bridgehead atoms. The van der Waals surface area contributed by atoms with E-state index in [4.69, 9.17) is 11.6 Å². The lowest BCUT2D eigenvalue weighted by Gasteiger charge is -2.37. The normalized spacial score (nSPS) is 19.9. The van der Waals surface area contributed by atoms with Gasteiger partial charge >= 0.3 is 0 Å². The fraction of sp³-hybridized carbons (Fsp3) is 0.462. The number of nitrogens with zero attached hydrogens (tertiary/aromatic N) is 1. The van der Waals surface area contributed by atoms with Gasteiger partial charge in [-0.15, -0.1) is 0 Å². The number of piperazine rings is 1. The third-order valence-corrected chi connectivity index (χ3v) is 3.50. The van der Waals surface area contributed by atoms with Crippen molar-refractivity contribution in [2.24, 2.45) is 0 Å². The van der Waals surface area contributed by atoms with Crippen LogP contribution in [0.25, 0.3) is 0 Å². The molecule has 1 aliphatic rings. The van der Waals surface area contributed by atoms with Crippen LogP contribution in [-0.4, -0.2) is 44.0 Å². The molecule has 1 fully saturated rings. The zero-order chi connectivity index (χ0) is 13.0. The van der Waals surface area contributed by atoms with E-state index < -0.39 is 0 Å². The van der Waals surface area contributed by atoms with E-state index in [1.165, 1.54) is 0 Å². The van der Waals surface area contributed by atoms with Crippen LogP contribution < -0.4 is 10.6 Å². The molecule has 1 aromatic rings. The number of halogens is 1. The van der Waals surface area contributed by atoms with Crippen molar-refractivity contribution in [2.45, 2.75) is 6.04 Å². The van der Waals surface area contributed by atoms with E-state index in [2.05, 4.69) is 10.6 Å². The molecule has 1 amide bonds. The Morgan fingerprint density at radius 3 is 3.06 bits per heavy atom. The largest absolute Gasteiger partial charge is 0.332 e. The van der Waals surface area contributed by atoms with E-state index in [9.17, 15) is 4.79 Å². The standard InChI is InChI=1S/C13H18ClN3O/c1-15-9-13(18)17-7-6-16-8-12(17)10-4-2-3-5-11(10)14/h2-5,12,15-16H,6-9H2,1H3. The molecule has 2 N–H and O–H groups in total. The van der Waals surface area contributed by atoms with Gasteiger partial charge in [-0.25, -0.2) is 0 Å². The summed E-state index contributed by atoms with van der Waals surface area (Å²) in [4.78, 5) is 14.0. The van der Waals surface area contributed by atoms with Crippen molar-refractivity contribution >= 4 is 17.5 Å². The monoisotopic (exact) mass is 267 g/mol. The van der Waals surface area contributed by atoms with Crippen LogP contribution in [0, 0.1) is 0 Å². The number of nitrogens with one attached hydrogen (secondary N) is 2. The SMILES string of the molecule is CNCC(=O)N1CCNCC1c1ccccc1Cl. The minimum absolute atomic E-state index is 0.0216. The summed E-state index contributed by atoms with van der Waals surface area (Å²) in [5.41, 5.74) is 1.01. The number of benzene rings is 1. The van der Waals surface area contributed by atoms with E-state index in [1.54, 1.807) is 7.05 Å². The van der Waals surface area contributed by atoms with Gasteiger partial charge in [0.25, 0.3) is 0 Å². The predicted octanol–water partition coefficient (Wildman–Crippen LogP) is 1.03. The number of rotatable bonds is 3. The molecule has 1 atom stereocenters. The van der Waals surface area contributed by atoms with Crippen LogP contribution >= 0.6 is 11.6 Å². The molecule has 18 heavy (non-hydrogen) atoms. The van der Waals surface area contributed by atoms with Gasteiger partial charge in [-0.1, -0.05) is 29.8 Å². The van der Waals surface area contributed by atoms with Crippen LogP contribution in [0.1, 0.15) is 11.6 Å². The molecule has 4 nitrogen and oxygen atoms in total. The Balaban J connectivity index is 2.23. The highest BCUT2D eigenvalue weighted by molar-refractivity contribution is 6.31. The topological polar surface area (TPSA) is 44.4 Å². The van der Waals surface area contributed by atoms with Gasteiger partial charge in [0.15, 0.2) is 0 Å². The molecule has 0 radical (unpaired) electrons. The van der Waals surface area contributed by atoms with Crippen molar-refractivity contribution in [1.82, 2.24) is 15.5 Å². The third kappa shape index (κ3) is 2.83. The summed E-state index contributed by atoms with van der Waals surface area (Å²) in [6.07, 6.45) is 0. The van der Waals surface area contributed by atoms with E-state index in [1.807, 2.05) is 29.2 Å². The molecule has 0 aromatic heterocycles. The quantitative estimate of drug-likeness (QED) is 0.860. The lowest BCUT2D eigenvalue weighted by molar-refractivity contribution is -0.133. The lowest BCUT2D eigenvalue weighted by atomic mass is 10.0. The van der Waals surface area contributed by atoms with Crippen LogP contribution in [0.4, 0.5) is 0 Å². The Hall–Kier alpha value is -1.10. The van der Waals surface area contributed by atoms with Gasteiger partial charge in [0, 0.05) is 24.7 Å². The smallest absolute Gasteiger partial charge is 0.237 e. The summed E-state index contributed by atoms with van der Waals surface area (Å²) in [5, 5.41) is 6.94. The van der Waals surface area contributed by atoms with Gasteiger partial charge < -0.3 is 15.5 Å². The fourth-order valence-corrected chi connectivity index (χ4v) is 2.54. The van der Waals surface area contributed by atoms with Crippen molar-refractivity contribution in [3.63, 3.8) is 0 Å². The lowest BCUT2D eigenvalue weighted by Crippen LogP contribution is -2.50. The minimum Gasteiger partial charge on any atom is -0.332 e. The zero-order valence-corrected chi connectivity index (χ0v) is 11.2. The molecule has 5 heteroatoms. The van der Waals surface area contributed by atoms with E-state index in [-0.39, 0.29) is 11.9 Å². The van der Waals surface area contributed by atoms with Crippen molar-refractivity contribution < 1.29 is 4.79 Å². The van der Waals surface area contributed by atoms with E-state index in [0.29, 0.717) is 11.6 Å². The molecule has 1 aliphatic heterocycles. The highest BCUT2D eigenvalue weighted by Gasteiger charge is 2.28. The average molecular weight is 268 g/mol. The van der Waals surface area contributed by atoms with Crippen LogP contribution in [0.5, 0.6) is 0 Å². The highest BCUT2D eigenvalue weighted by atomic mass is 35.5. The summed E-state index contributed by atoms with van der Waals surface area (Å²) in [6, 6.07) is 7.73. The van der Waals surface area contributed by atoms with E-state index >= 15 is 0 Å². The fourth-order valence-electron chi connectivity index (χ4n) is 2.28. The van der Waals surface area contributed by atoms with Crippen molar-refractivity contribution in [1.29, 1.82) is 0 Å². The first-order valence-corrected chi connectivity index (χ1v) is 6.51. The molecule has 2 rings (SSSR count). The number of amides is 1. The number of likely N-dealkylation sites (N-methyl/N-ethyl adjacent to an activating group) is 1. The van der Waals surface area contributed by atoms with Gasteiger partial charge in [0.2, 0.25) is 5.91 Å². The minimum atomic E-state index is 0.0216. The van der Waals surface area contributed by atoms with Crippen LogP contribution in [-0.2, 0) is 4.79 Å². The number of hydrogen-bond donors (Lipinski definition) is 2. The highest BCUT2D eigenvalue weighted by Crippen LogP contribution is 2.28. The van der Waals surface area contributed by atoms with Crippen molar-refractivity contribution in [2.75, 3.05) is 33.2 Å². The molecule has 0 aliphatic carbocycles. The molecule has 98 valence electrons. The first-order valence-electron chi connectivity index (χ1n) is 6.13. The number of carbonyl (C=O) groups excluding carboxylic acids is 1. The van der Waals surface area contributed by atoms with Crippen molar-refractivity contribution in [3.8, 4) is 0 Å². The van der Waals surface area contributed by atoms with Gasteiger partial charge in [0.05, 0.1) is 12.6 Å². The van der Waals surface area contributed by atoms with Gasteiger partial charge in [-0.3, -0.25) is 4.79 Å². The molecule has 0 saturated carbocycles. The van der Waals surface area contributed by atoms with Gasteiger partial charge in [-0.2, -0.15) is 0 Å². The summed E-state index contributed by atoms with van der Waals surface area (Å²) in [6.45, 7) is 2.66. The molecular weight excluding hydrogens is 250 g/mol. The molecule has 1 saturated heterocycles. The summed E-state index contributed by atoms with van der Waals surface area (Å²) >= 11 is 6.22. The van der Waals surface area contributed by atoms with Crippen molar-refractivity contribution in [3.05, 3.63) is 34.9 Å². The van der Waals surface area contributed by atoms with Gasteiger partial charge in [0.1, 0.15) is 0 Å². The molecular formula is C13H18ClN3O. The number of carbonyl (C=O) groups is 1. The number of hydrogen-bond acceptors (Lipinski definition) is 3. The summed E-state index contributed by atoms with van der Waals surface area (Å²) < 4.78 is 0. The second-order valence-electron chi connectivity index (χ2n) is 4.36. The molecule has 1 aromatic carbocycles. The Bertz CT molecular complexity index is 424. The average Bonchev–Trinajstić information content (AvgIpc) is 2.40. The van der Waals surface area contributed by atoms with Crippen LogP contribution in [0.3, 0.4) is 0 Å². The molecule has 1 heterocycles. The summed E-state index contributed by atoms with van der Waals surface area (Å²) in [5.74, 6) is 0.115. The van der Waals surface area contributed by atoms with Gasteiger partial charge in [-0.05, 0) is 18.7 Å². The third-order valence-electron chi connectivity index (χ3n) is 3.16. The Morgan fingerprint density at radius 2 is 2.33 bits per heavy atom. The van der Waals surface area contributed by atoms with Crippen LogP contribution in [0.15, 0.2) is 24.3 Å². The predicted molar refractivity (Wildman–Crippen MR) is 72.7 cm³/mol. The first kappa shape index (κ1) is 13.3. The molecule has 1 unspecified atom stereocenters. The van der Waals surface area contributed by atoms with Crippen LogP contribution in [0.2, 0.25) is 5.02 Å². The van der Waals surface area contributed by atoms with E-state index in [0.717, 1.165) is 25.2 Å². The second kappa shape index (κ2) is 6.18. The summed E-state index contributed by atoms with van der Waals surface area (Å²) in [7, 11) is 1.78. The molecule has 0 spiro atoms. The zero-order valence-electron chi connectivity index (χ0n) is 10.4. The Morgan fingerprint density at radius 1 is 1.56 bits per heavy atom. The first-order chi connectivity index (χ1) is 8.74. The maximum absolute atomic E-state index is 12.1. The second-order valence-corrected chi connectivity index (χ2v) is 4.77.